The van der Waals surface area contributed by atoms with E-state index in [4.69, 9.17) is 5.73 Å². The third kappa shape index (κ3) is 3.39. The molecule has 0 radical (unpaired) electrons. The van der Waals surface area contributed by atoms with Gasteiger partial charge in [0, 0.05) is 5.25 Å². The van der Waals surface area contributed by atoms with E-state index in [0.717, 1.165) is 19.3 Å². The van der Waals surface area contributed by atoms with Crippen molar-refractivity contribution < 1.29 is 4.79 Å². The number of likely N-dealkylation sites (N-methyl/N-ethyl adjacent to an activating group) is 1. The molecule has 94 valence electrons. The van der Waals surface area contributed by atoms with E-state index >= 15 is 0 Å². The highest BCUT2D eigenvalue weighted by atomic mass is 32.2. The van der Waals surface area contributed by atoms with Crippen LogP contribution in [0.1, 0.15) is 39.5 Å². The molecular formula is C12H24N2OS. The van der Waals surface area contributed by atoms with Crippen LogP contribution in [0.2, 0.25) is 0 Å². The first kappa shape index (κ1) is 13.8. The van der Waals surface area contributed by atoms with Crippen molar-refractivity contribution in [1.29, 1.82) is 0 Å². The largest absolute Gasteiger partial charge is 0.368 e. The fraction of sp³-hybridized carbons (Fsp3) is 0.917. The molecule has 4 heteroatoms. The summed E-state index contributed by atoms with van der Waals surface area (Å²) in [4.78, 5) is 11.5. The van der Waals surface area contributed by atoms with Gasteiger partial charge in [0.1, 0.15) is 0 Å². The zero-order chi connectivity index (χ0) is 12.2. The third-order valence-corrected chi connectivity index (χ3v) is 5.05. The molecule has 0 aromatic rings. The SMILES string of the molecule is CNC1(C(N)=O)CCCC(SCC(C)C)C1. The van der Waals surface area contributed by atoms with Crippen molar-refractivity contribution >= 4 is 17.7 Å². The standard InChI is InChI=1S/C12H24N2OS/c1-9(2)8-16-10-5-4-6-12(7-10,14-3)11(13)15/h9-10,14H,4-8H2,1-3H3,(H2,13,15). The van der Waals surface area contributed by atoms with Crippen LogP contribution in [0.5, 0.6) is 0 Å². The number of primary amides is 1. The van der Waals surface area contributed by atoms with Crippen molar-refractivity contribution in [3.05, 3.63) is 0 Å². The molecule has 0 aromatic heterocycles. The molecule has 1 fully saturated rings. The van der Waals surface area contributed by atoms with E-state index in [1.54, 1.807) is 0 Å². The Labute approximate surface area is 103 Å². The highest BCUT2D eigenvalue weighted by Crippen LogP contribution is 2.35. The maximum atomic E-state index is 11.5. The second-order valence-electron chi connectivity index (χ2n) is 5.14. The van der Waals surface area contributed by atoms with Crippen molar-refractivity contribution in [2.75, 3.05) is 12.8 Å². The zero-order valence-corrected chi connectivity index (χ0v) is 11.4. The van der Waals surface area contributed by atoms with Gasteiger partial charge in [0.25, 0.3) is 0 Å². The number of nitrogens with two attached hydrogens (primary N) is 1. The lowest BCUT2D eigenvalue weighted by Crippen LogP contribution is -2.57. The Hall–Kier alpha value is -0.220. The molecule has 1 aliphatic rings. The van der Waals surface area contributed by atoms with Gasteiger partial charge in [-0.15, -0.1) is 0 Å². The normalized spacial score (nSPS) is 30.6. The van der Waals surface area contributed by atoms with Crippen LogP contribution in [0.3, 0.4) is 0 Å². The third-order valence-electron chi connectivity index (χ3n) is 3.32. The zero-order valence-electron chi connectivity index (χ0n) is 10.6. The fourth-order valence-electron chi connectivity index (χ4n) is 2.27. The summed E-state index contributed by atoms with van der Waals surface area (Å²) in [6.45, 7) is 4.46. The van der Waals surface area contributed by atoms with Crippen molar-refractivity contribution in [3.63, 3.8) is 0 Å². The van der Waals surface area contributed by atoms with Gasteiger partial charge in [-0.05, 0) is 44.4 Å². The number of amides is 1. The molecule has 1 rings (SSSR count). The maximum Gasteiger partial charge on any atom is 0.237 e. The molecule has 1 saturated carbocycles. The molecule has 3 nitrogen and oxygen atoms in total. The molecule has 2 unspecified atom stereocenters. The van der Waals surface area contributed by atoms with Gasteiger partial charge in [0.15, 0.2) is 0 Å². The Morgan fingerprint density at radius 3 is 2.81 bits per heavy atom. The molecule has 16 heavy (non-hydrogen) atoms. The van der Waals surface area contributed by atoms with Gasteiger partial charge in [-0.25, -0.2) is 0 Å². The highest BCUT2D eigenvalue weighted by Gasteiger charge is 2.40. The Kier molecular flexibility index (Phi) is 5.12. The Bertz CT molecular complexity index is 245. The first-order chi connectivity index (χ1) is 7.50. The molecule has 0 spiro atoms. The number of hydrogen-bond acceptors (Lipinski definition) is 3. The van der Waals surface area contributed by atoms with E-state index < -0.39 is 5.54 Å². The molecule has 3 N–H and O–H groups in total. The van der Waals surface area contributed by atoms with Gasteiger partial charge in [-0.2, -0.15) is 11.8 Å². The summed E-state index contributed by atoms with van der Waals surface area (Å²) in [6.07, 6.45) is 4.08. The molecule has 1 aliphatic carbocycles. The Morgan fingerprint density at radius 1 is 1.62 bits per heavy atom. The van der Waals surface area contributed by atoms with Gasteiger partial charge in [0.2, 0.25) is 5.91 Å². The van der Waals surface area contributed by atoms with Crippen LogP contribution in [0, 0.1) is 5.92 Å². The van der Waals surface area contributed by atoms with E-state index in [2.05, 4.69) is 19.2 Å². The first-order valence-electron chi connectivity index (χ1n) is 6.10. The topological polar surface area (TPSA) is 55.1 Å². The van der Waals surface area contributed by atoms with Crippen LogP contribution in [-0.4, -0.2) is 29.5 Å². The Morgan fingerprint density at radius 2 is 2.31 bits per heavy atom. The molecule has 0 aliphatic heterocycles. The number of rotatable bonds is 5. The quantitative estimate of drug-likeness (QED) is 0.775. The van der Waals surface area contributed by atoms with Crippen LogP contribution < -0.4 is 11.1 Å². The van der Waals surface area contributed by atoms with Crippen LogP contribution >= 0.6 is 11.8 Å². The number of nitrogens with one attached hydrogen (secondary N) is 1. The van der Waals surface area contributed by atoms with Crippen molar-refractivity contribution in [1.82, 2.24) is 5.32 Å². The number of hydrogen-bond donors (Lipinski definition) is 2. The second-order valence-corrected chi connectivity index (χ2v) is 6.48. The monoisotopic (exact) mass is 244 g/mol. The summed E-state index contributed by atoms with van der Waals surface area (Å²) in [5.74, 6) is 1.69. The minimum absolute atomic E-state index is 0.190. The number of thioether (sulfide) groups is 1. The van der Waals surface area contributed by atoms with Crippen LogP contribution in [0.15, 0.2) is 0 Å². The summed E-state index contributed by atoms with van der Waals surface area (Å²) >= 11 is 1.99. The van der Waals surface area contributed by atoms with E-state index in [1.807, 2.05) is 18.8 Å². The van der Waals surface area contributed by atoms with Crippen LogP contribution in [-0.2, 0) is 4.79 Å². The van der Waals surface area contributed by atoms with Gasteiger partial charge >= 0.3 is 0 Å². The maximum absolute atomic E-state index is 11.5. The predicted octanol–water partition coefficient (Wildman–Crippen LogP) is 1.76. The van der Waals surface area contributed by atoms with E-state index in [-0.39, 0.29) is 5.91 Å². The van der Waals surface area contributed by atoms with Crippen LogP contribution in [0.25, 0.3) is 0 Å². The van der Waals surface area contributed by atoms with Crippen molar-refractivity contribution in [2.24, 2.45) is 11.7 Å². The molecule has 0 aromatic carbocycles. The lowest BCUT2D eigenvalue weighted by molar-refractivity contribution is -0.125. The number of carbonyl (C=O) groups is 1. The average Bonchev–Trinajstić information content (AvgIpc) is 2.26. The lowest BCUT2D eigenvalue weighted by atomic mass is 9.81. The summed E-state index contributed by atoms with van der Waals surface area (Å²) in [6, 6.07) is 0. The molecular weight excluding hydrogens is 220 g/mol. The average molecular weight is 244 g/mol. The lowest BCUT2D eigenvalue weighted by Gasteiger charge is -2.38. The fourth-order valence-corrected chi connectivity index (χ4v) is 3.66. The van der Waals surface area contributed by atoms with E-state index in [0.29, 0.717) is 11.2 Å². The van der Waals surface area contributed by atoms with Gasteiger partial charge in [-0.3, -0.25) is 4.79 Å². The molecule has 0 bridgehead atoms. The summed E-state index contributed by atoms with van der Waals surface area (Å²) in [5.41, 5.74) is 5.07. The van der Waals surface area contributed by atoms with Gasteiger partial charge < -0.3 is 11.1 Å². The summed E-state index contributed by atoms with van der Waals surface area (Å²) in [7, 11) is 1.85. The summed E-state index contributed by atoms with van der Waals surface area (Å²) < 4.78 is 0. The minimum Gasteiger partial charge on any atom is -0.368 e. The Balaban J connectivity index is 2.54. The van der Waals surface area contributed by atoms with Crippen molar-refractivity contribution in [2.45, 2.75) is 50.3 Å². The van der Waals surface area contributed by atoms with Gasteiger partial charge in [0.05, 0.1) is 5.54 Å². The van der Waals surface area contributed by atoms with E-state index in [9.17, 15) is 4.79 Å². The molecule has 2 atom stereocenters. The predicted molar refractivity (Wildman–Crippen MR) is 70.5 cm³/mol. The number of carbonyl (C=O) groups excluding carboxylic acids is 1. The molecule has 1 amide bonds. The minimum atomic E-state index is -0.451. The smallest absolute Gasteiger partial charge is 0.237 e. The van der Waals surface area contributed by atoms with Crippen LogP contribution in [0.4, 0.5) is 0 Å². The summed E-state index contributed by atoms with van der Waals surface area (Å²) in [5, 5.41) is 3.73. The second kappa shape index (κ2) is 5.92. The van der Waals surface area contributed by atoms with E-state index in [1.165, 1.54) is 12.2 Å². The highest BCUT2D eigenvalue weighted by molar-refractivity contribution is 7.99. The van der Waals surface area contributed by atoms with Crippen molar-refractivity contribution in [3.8, 4) is 0 Å². The first-order valence-corrected chi connectivity index (χ1v) is 7.15. The molecule has 0 heterocycles. The molecule has 0 saturated heterocycles. The van der Waals surface area contributed by atoms with Gasteiger partial charge in [-0.1, -0.05) is 13.8 Å².